The summed E-state index contributed by atoms with van der Waals surface area (Å²) < 4.78 is 31.7. The average Bonchev–Trinajstić information content (AvgIpc) is 3.15. The van der Waals surface area contributed by atoms with Gasteiger partial charge in [0.25, 0.3) is 5.24 Å². The molecule has 2 aromatic carbocycles. The lowest BCUT2D eigenvalue weighted by molar-refractivity contribution is -0.120. The lowest BCUT2D eigenvalue weighted by Crippen LogP contribution is -2.47. The molecule has 0 aromatic heterocycles. The van der Waals surface area contributed by atoms with Crippen molar-refractivity contribution in [3.8, 4) is 0 Å². The lowest BCUT2D eigenvalue weighted by atomic mass is 9.91. The van der Waals surface area contributed by atoms with Crippen LogP contribution in [0.1, 0.15) is 30.4 Å². The van der Waals surface area contributed by atoms with Gasteiger partial charge < -0.3 is 15.0 Å². The Bertz CT molecular complexity index is 1070. The van der Waals surface area contributed by atoms with E-state index in [-0.39, 0.29) is 17.7 Å². The highest BCUT2D eigenvalue weighted by molar-refractivity contribution is 7.96. The SMILES string of the molecule is O=C(CCCl)NCc1ccccc1.O=C(S)N1CCC2(CC1)CN(Cc1ccc(F)c(F)c1)C(=O)O2. The molecule has 11 heteroatoms. The van der Waals surface area contributed by atoms with E-state index in [9.17, 15) is 23.2 Å². The number of thiol groups is 1. The number of carbonyl (C=O) groups is 3. The first-order chi connectivity index (χ1) is 17.2. The molecule has 0 bridgehead atoms. The molecule has 3 amide bonds. The Morgan fingerprint density at radius 1 is 1.06 bits per heavy atom. The summed E-state index contributed by atoms with van der Waals surface area (Å²) in [5.41, 5.74) is 0.987. The number of carbonyl (C=O) groups excluding carboxylic acids is 3. The van der Waals surface area contributed by atoms with Crippen LogP contribution in [-0.4, -0.2) is 58.2 Å². The highest BCUT2D eigenvalue weighted by atomic mass is 35.5. The molecule has 2 aliphatic heterocycles. The first-order valence-corrected chi connectivity index (χ1v) is 12.5. The van der Waals surface area contributed by atoms with Crippen LogP contribution in [-0.2, 0) is 22.6 Å². The fraction of sp³-hybridized carbons (Fsp3) is 0.400. The number of amides is 3. The number of benzene rings is 2. The van der Waals surface area contributed by atoms with Gasteiger partial charge in [-0.1, -0.05) is 49.0 Å². The first-order valence-electron chi connectivity index (χ1n) is 11.5. The third-order valence-electron chi connectivity index (χ3n) is 6.00. The van der Waals surface area contributed by atoms with Crippen LogP contribution >= 0.6 is 24.2 Å². The van der Waals surface area contributed by atoms with Crippen molar-refractivity contribution < 1.29 is 27.9 Å². The van der Waals surface area contributed by atoms with E-state index in [1.54, 1.807) is 4.90 Å². The maximum Gasteiger partial charge on any atom is 0.410 e. The molecule has 0 unspecified atom stereocenters. The minimum Gasteiger partial charge on any atom is -0.441 e. The quantitative estimate of drug-likeness (QED) is 0.411. The molecule has 36 heavy (non-hydrogen) atoms. The molecule has 0 atom stereocenters. The normalized spacial score (nSPS) is 16.3. The minimum absolute atomic E-state index is 0.00106. The van der Waals surface area contributed by atoms with Crippen LogP contribution in [0.3, 0.4) is 0 Å². The van der Waals surface area contributed by atoms with Gasteiger partial charge >= 0.3 is 6.09 Å². The predicted octanol–water partition coefficient (Wildman–Crippen LogP) is 4.73. The van der Waals surface area contributed by atoms with E-state index in [1.165, 1.54) is 11.0 Å². The minimum atomic E-state index is -0.939. The molecule has 1 N–H and O–H groups in total. The number of piperidine rings is 1. The van der Waals surface area contributed by atoms with Crippen molar-refractivity contribution >= 4 is 41.5 Å². The maximum atomic E-state index is 13.3. The molecular formula is C25H28ClF2N3O4S. The standard InChI is InChI=1S/C15H16F2N2O3S.C10H12ClNO/c16-11-2-1-10(7-12(11)17)8-19-9-15(22-13(19)20)3-5-18(6-4-15)14(21)23;11-7-6-10(13)12-8-9-4-2-1-3-5-9/h1-2,7H,3-6,8-9H2,(H,21,23);1-5H,6-8H2,(H,12,13). The summed E-state index contributed by atoms with van der Waals surface area (Å²) in [6, 6.07) is 13.4. The van der Waals surface area contributed by atoms with Gasteiger partial charge in [-0.05, 0) is 23.3 Å². The molecule has 0 aliphatic carbocycles. The van der Waals surface area contributed by atoms with Gasteiger partial charge in [-0.25, -0.2) is 13.6 Å². The molecule has 194 valence electrons. The van der Waals surface area contributed by atoms with Crippen molar-refractivity contribution in [2.75, 3.05) is 25.5 Å². The zero-order valence-corrected chi connectivity index (χ0v) is 21.2. The van der Waals surface area contributed by atoms with Crippen LogP contribution in [0.5, 0.6) is 0 Å². The second-order valence-corrected chi connectivity index (χ2v) is 9.39. The van der Waals surface area contributed by atoms with Crippen LogP contribution in [0.25, 0.3) is 0 Å². The molecule has 2 saturated heterocycles. The fourth-order valence-electron chi connectivity index (χ4n) is 4.01. The van der Waals surface area contributed by atoms with E-state index >= 15 is 0 Å². The summed E-state index contributed by atoms with van der Waals surface area (Å²) >= 11 is 9.21. The van der Waals surface area contributed by atoms with Crippen molar-refractivity contribution in [3.05, 3.63) is 71.3 Å². The molecule has 1 spiro atoms. The fourth-order valence-corrected chi connectivity index (χ4v) is 4.38. The second kappa shape index (κ2) is 12.9. The van der Waals surface area contributed by atoms with Gasteiger partial charge in [-0.2, -0.15) is 0 Å². The van der Waals surface area contributed by atoms with Crippen LogP contribution < -0.4 is 5.32 Å². The van der Waals surface area contributed by atoms with Crippen LogP contribution in [0.15, 0.2) is 48.5 Å². The Kier molecular flexibility index (Phi) is 9.95. The summed E-state index contributed by atoms with van der Waals surface area (Å²) in [6.45, 7) is 2.08. The number of alkyl halides is 1. The number of likely N-dealkylation sites (tertiary alicyclic amines) is 1. The maximum absolute atomic E-state index is 13.3. The van der Waals surface area contributed by atoms with E-state index in [0.29, 0.717) is 56.9 Å². The van der Waals surface area contributed by atoms with Gasteiger partial charge in [0, 0.05) is 51.3 Å². The van der Waals surface area contributed by atoms with Crippen LogP contribution in [0.4, 0.5) is 18.4 Å². The average molecular weight is 540 g/mol. The molecule has 7 nitrogen and oxygen atoms in total. The lowest BCUT2D eigenvalue weighted by Gasteiger charge is -2.36. The van der Waals surface area contributed by atoms with E-state index in [2.05, 4.69) is 17.9 Å². The number of halogens is 3. The van der Waals surface area contributed by atoms with E-state index in [0.717, 1.165) is 17.7 Å². The summed E-state index contributed by atoms with van der Waals surface area (Å²) in [5, 5.41) is 2.49. The van der Waals surface area contributed by atoms with E-state index < -0.39 is 23.3 Å². The first kappa shape index (κ1) is 27.7. The summed E-state index contributed by atoms with van der Waals surface area (Å²) in [7, 11) is 0. The number of hydrogen-bond donors (Lipinski definition) is 2. The molecule has 2 fully saturated rings. The Hall–Kier alpha value is -2.85. The van der Waals surface area contributed by atoms with E-state index in [4.69, 9.17) is 16.3 Å². The molecule has 4 rings (SSSR count). The Morgan fingerprint density at radius 2 is 1.75 bits per heavy atom. The number of ether oxygens (including phenoxy) is 1. The van der Waals surface area contributed by atoms with Gasteiger partial charge in [-0.3, -0.25) is 14.5 Å². The summed E-state index contributed by atoms with van der Waals surface area (Å²) in [4.78, 5) is 37.4. The predicted molar refractivity (Wildman–Crippen MR) is 135 cm³/mol. The van der Waals surface area contributed by atoms with Gasteiger partial charge in [0.2, 0.25) is 5.91 Å². The number of nitrogens with zero attached hydrogens (tertiary/aromatic N) is 2. The van der Waals surface area contributed by atoms with Crippen molar-refractivity contribution in [1.82, 2.24) is 15.1 Å². The van der Waals surface area contributed by atoms with Crippen molar-refractivity contribution in [1.29, 1.82) is 0 Å². The Labute approximate surface area is 219 Å². The molecule has 0 radical (unpaired) electrons. The van der Waals surface area contributed by atoms with Gasteiger partial charge in [0.1, 0.15) is 5.60 Å². The number of rotatable bonds is 6. The number of hydrogen-bond acceptors (Lipinski definition) is 4. The molecular weight excluding hydrogens is 512 g/mol. The monoisotopic (exact) mass is 539 g/mol. The third kappa shape index (κ3) is 7.83. The molecule has 0 saturated carbocycles. The highest BCUT2D eigenvalue weighted by Gasteiger charge is 2.47. The summed E-state index contributed by atoms with van der Waals surface area (Å²) in [6.07, 6.45) is 0.993. The van der Waals surface area contributed by atoms with Gasteiger partial charge in [0.15, 0.2) is 11.6 Å². The van der Waals surface area contributed by atoms with Crippen LogP contribution in [0.2, 0.25) is 0 Å². The zero-order chi connectivity index (χ0) is 26.1. The third-order valence-corrected chi connectivity index (χ3v) is 6.47. The van der Waals surface area contributed by atoms with Gasteiger partial charge in [-0.15, -0.1) is 11.6 Å². The van der Waals surface area contributed by atoms with E-state index in [1.807, 2.05) is 30.3 Å². The topological polar surface area (TPSA) is 79.0 Å². The van der Waals surface area contributed by atoms with Crippen LogP contribution in [0, 0.1) is 11.6 Å². The molecule has 2 aromatic rings. The zero-order valence-electron chi connectivity index (χ0n) is 19.6. The second-order valence-electron chi connectivity index (χ2n) is 8.63. The smallest absolute Gasteiger partial charge is 0.410 e. The largest absolute Gasteiger partial charge is 0.441 e. The Morgan fingerprint density at radius 3 is 2.36 bits per heavy atom. The van der Waals surface area contributed by atoms with Crippen molar-refractivity contribution in [2.24, 2.45) is 0 Å². The van der Waals surface area contributed by atoms with Crippen molar-refractivity contribution in [2.45, 2.75) is 38.0 Å². The van der Waals surface area contributed by atoms with Gasteiger partial charge in [0.05, 0.1) is 6.54 Å². The molecule has 2 heterocycles. The summed E-state index contributed by atoms with van der Waals surface area (Å²) in [5.74, 6) is -1.48. The molecule has 2 aliphatic rings. The highest BCUT2D eigenvalue weighted by Crippen LogP contribution is 2.34. The van der Waals surface area contributed by atoms with Crippen molar-refractivity contribution in [3.63, 3.8) is 0 Å². The Balaban J connectivity index is 0.000000236. The number of nitrogens with one attached hydrogen (secondary N) is 1.